The van der Waals surface area contributed by atoms with Crippen molar-refractivity contribution < 1.29 is 8.78 Å². The highest BCUT2D eigenvalue weighted by atomic mass is 79.9. The van der Waals surface area contributed by atoms with Crippen LogP contribution in [0.1, 0.15) is 26.5 Å². The van der Waals surface area contributed by atoms with Gasteiger partial charge in [-0.25, -0.2) is 13.8 Å². The molecule has 0 aliphatic heterocycles. The van der Waals surface area contributed by atoms with Crippen molar-refractivity contribution in [2.45, 2.75) is 26.2 Å². The molecule has 0 saturated carbocycles. The summed E-state index contributed by atoms with van der Waals surface area (Å²) in [5.41, 5.74) is 1.47. The molecule has 0 aliphatic rings. The molecule has 1 nitrogen and oxygen atoms in total. The van der Waals surface area contributed by atoms with Crippen LogP contribution in [0.15, 0.2) is 22.0 Å². The van der Waals surface area contributed by atoms with Crippen LogP contribution in [0.4, 0.5) is 8.78 Å². The molecular formula is C13H12BrF2NS. The fourth-order valence-corrected chi connectivity index (χ4v) is 3.15. The van der Waals surface area contributed by atoms with Crippen molar-refractivity contribution in [2.24, 2.45) is 0 Å². The molecule has 18 heavy (non-hydrogen) atoms. The van der Waals surface area contributed by atoms with Crippen LogP contribution in [0.3, 0.4) is 0 Å². The number of nitrogens with zero attached hydrogens (tertiary/aromatic N) is 1. The van der Waals surface area contributed by atoms with Gasteiger partial charge in [0, 0.05) is 16.4 Å². The molecule has 1 aromatic heterocycles. The quantitative estimate of drug-likeness (QED) is 0.658. The molecule has 0 aliphatic carbocycles. The summed E-state index contributed by atoms with van der Waals surface area (Å²) >= 11 is 4.51. The maximum atomic E-state index is 13.5. The molecule has 0 bridgehead atoms. The third kappa shape index (κ3) is 2.47. The normalized spacial score (nSPS) is 11.9. The van der Waals surface area contributed by atoms with Gasteiger partial charge in [0.2, 0.25) is 0 Å². The molecule has 1 aromatic carbocycles. The van der Waals surface area contributed by atoms with E-state index in [0.29, 0.717) is 10.6 Å². The highest BCUT2D eigenvalue weighted by Gasteiger charge is 2.20. The van der Waals surface area contributed by atoms with Crippen LogP contribution in [0.5, 0.6) is 0 Å². The largest absolute Gasteiger partial charge is 0.241 e. The molecule has 0 amide bonds. The van der Waals surface area contributed by atoms with E-state index in [9.17, 15) is 8.78 Å². The third-order valence-corrected chi connectivity index (χ3v) is 4.19. The van der Waals surface area contributed by atoms with E-state index >= 15 is 0 Å². The summed E-state index contributed by atoms with van der Waals surface area (Å²) in [6.07, 6.45) is 0. The Morgan fingerprint density at radius 2 is 1.89 bits per heavy atom. The summed E-state index contributed by atoms with van der Waals surface area (Å²) < 4.78 is 26.6. The molecule has 2 aromatic rings. The Morgan fingerprint density at radius 3 is 2.44 bits per heavy atom. The first-order valence-electron chi connectivity index (χ1n) is 5.40. The SMILES string of the molecule is CC(C)(C)c1csc(-c2ccc(F)c(F)c2Br)n1. The minimum Gasteiger partial charge on any atom is -0.241 e. The Labute approximate surface area is 117 Å². The fraction of sp³-hybridized carbons (Fsp3) is 0.308. The second-order valence-corrected chi connectivity index (χ2v) is 6.66. The average molecular weight is 332 g/mol. The molecule has 0 N–H and O–H groups in total. The minimum absolute atomic E-state index is 0.0558. The summed E-state index contributed by atoms with van der Waals surface area (Å²) in [5.74, 6) is -1.74. The molecule has 96 valence electrons. The zero-order valence-electron chi connectivity index (χ0n) is 10.2. The zero-order chi connectivity index (χ0) is 13.5. The van der Waals surface area contributed by atoms with Crippen LogP contribution in [0, 0.1) is 11.6 Å². The van der Waals surface area contributed by atoms with E-state index in [2.05, 4.69) is 41.7 Å². The summed E-state index contributed by atoms with van der Waals surface area (Å²) in [6, 6.07) is 2.65. The van der Waals surface area contributed by atoms with Crippen molar-refractivity contribution in [3.8, 4) is 10.6 Å². The van der Waals surface area contributed by atoms with Gasteiger partial charge in [0.25, 0.3) is 0 Å². The van der Waals surface area contributed by atoms with Gasteiger partial charge in [0.15, 0.2) is 11.6 Å². The van der Waals surface area contributed by atoms with E-state index in [-0.39, 0.29) is 9.89 Å². The Hall–Kier alpha value is -0.810. The smallest absolute Gasteiger partial charge is 0.173 e. The first-order valence-corrected chi connectivity index (χ1v) is 7.08. The number of rotatable bonds is 1. The lowest BCUT2D eigenvalue weighted by Gasteiger charge is -2.14. The van der Waals surface area contributed by atoms with Gasteiger partial charge in [-0.15, -0.1) is 11.3 Å². The molecular weight excluding hydrogens is 320 g/mol. The van der Waals surface area contributed by atoms with Crippen molar-refractivity contribution in [1.29, 1.82) is 0 Å². The van der Waals surface area contributed by atoms with Crippen LogP contribution >= 0.6 is 27.3 Å². The van der Waals surface area contributed by atoms with Crippen LogP contribution in [-0.2, 0) is 5.41 Å². The van der Waals surface area contributed by atoms with Crippen LogP contribution < -0.4 is 0 Å². The first-order chi connectivity index (χ1) is 8.30. The number of hydrogen-bond acceptors (Lipinski definition) is 2. The Balaban J connectivity index is 2.50. The van der Waals surface area contributed by atoms with E-state index in [1.807, 2.05) is 5.38 Å². The maximum absolute atomic E-state index is 13.5. The van der Waals surface area contributed by atoms with Crippen molar-refractivity contribution in [3.63, 3.8) is 0 Å². The van der Waals surface area contributed by atoms with Crippen molar-refractivity contribution in [2.75, 3.05) is 0 Å². The summed E-state index contributed by atoms with van der Waals surface area (Å²) in [6.45, 7) is 6.18. The Bertz CT molecular complexity index is 587. The first kappa shape index (κ1) is 13.6. The van der Waals surface area contributed by atoms with Gasteiger partial charge in [0.05, 0.1) is 10.2 Å². The van der Waals surface area contributed by atoms with Gasteiger partial charge in [-0.2, -0.15) is 0 Å². The summed E-state index contributed by atoms with van der Waals surface area (Å²) in [5, 5.41) is 2.63. The fourth-order valence-electron chi connectivity index (χ4n) is 1.43. The number of halogens is 3. The summed E-state index contributed by atoms with van der Waals surface area (Å²) in [4.78, 5) is 4.48. The average Bonchev–Trinajstić information content (AvgIpc) is 2.75. The highest BCUT2D eigenvalue weighted by Crippen LogP contribution is 2.35. The standard InChI is InChI=1S/C13H12BrF2NS/c1-13(2,3)9-6-18-12(17-9)7-4-5-8(15)11(16)10(7)14/h4-6H,1-3H3. The molecule has 1 heterocycles. The van der Waals surface area contributed by atoms with Gasteiger partial charge >= 0.3 is 0 Å². The topological polar surface area (TPSA) is 12.9 Å². The van der Waals surface area contributed by atoms with Gasteiger partial charge in [0.1, 0.15) is 5.01 Å². The van der Waals surface area contributed by atoms with E-state index in [4.69, 9.17) is 0 Å². The van der Waals surface area contributed by atoms with Crippen molar-refractivity contribution in [3.05, 3.63) is 39.3 Å². The van der Waals surface area contributed by atoms with E-state index in [1.165, 1.54) is 17.4 Å². The number of hydrogen-bond donors (Lipinski definition) is 0. The summed E-state index contributed by atoms with van der Waals surface area (Å²) in [7, 11) is 0. The van der Waals surface area contributed by atoms with Gasteiger partial charge in [-0.05, 0) is 28.1 Å². The van der Waals surface area contributed by atoms with E-state index in [1.54, 1.807) is 0 Å². The molecule has 5 heteroatoms. The Kier molecular flexibility index (Phi) is 3.56. The lowest BCUT2D eigenvalue weighted by molar-refractivity contribution is 0.504. The monoisotopic (exact) mass is 331 g/mol. The molecule has 0 atom stereocenters. The van der Waals surface area contributed by atoms with Gasteiger partial charge in [-0.3, -0.25) is 0 Å². The van der Waals surface area contributed by atoms with E-state index < -0.39 is 11.6 Å². The second-order valence-electron chi connectivity index (χ2n) is 5.01. The second kappa shape index (κ2) is 4.70. The third-order valence-electron chi connectivity index (χ3n) is 2.54. The van der Waals surface area contributed by atoms with Crippen molar-refractivity contribution in [1.82, 2.24) is 4.98 Å². The van der Waals surface area contributed by atoms with Crippen LogP contribution in [0.2, 0.25) is 0 Å². The highest BCUT2D eigenvalue weighted by molar-refractivity contribution is 9.10. The molecule has 0 unspecified atom stereocenters. The molecule has 2 rings (SSSR count). The number of thiazole rings is 1. The Morgan fingerprint density at radius 1 is 1.22 bits per heavy atom. The lowest BCUT2D eigenvalue weighted by Crippen LogP contribution is -2.11. The predicted molar refractivity (Wildman–Crippen MR) is 73.9 cm³/mol. The van der Waals surface area contributed by atoms with Crippen LogP contribution in [-0.4, -0.2) is 4.98 Å². The number of benzene rings is 1. The molecule has 0 saturated heterocycles. The zero-order valence-corrected chi connectivity index (χ0v) is 12.6. The van der Waals surface area contributed by atoms with Gasteiger partial charge in [-0.1, -0.05) is 20.8 Å². The van der Waals surface area contributed by atoms with Gasteiger partial charge < -0.3 is 0 Å². The lowest BCUT2D eigenvalue weighted by atomic mass is 9.93. The molecule has 0 spiro atoms. The maximum Gasteiger partial charge on any atom is 0.173 e. The predicted octanol–water partition coefficient (Wildman–Crippen LogP) is 5.15. The van der Waals surface area contributed by atoms with Crippen molar-refractivity contribution >= 4 is 27.3 Å². The number of aromatic nitrogens is 1. The molecule has 0 fully saturated rings. The molecule has 0 radical (unpaired) electrons. The van der Waals surface area contributed by atoms with E-state index in [0.717, 1.165) is 11.8 Å². The minimum atomic E-state index is -0.875. The van der Waals surface area contributed by atoms with Crippen LogP contribution in [0.25, 0.3) is 10.6 Å².